The van der Waals surface area contributed by atoms with Gasteiger partial charge in [-0.3, -0.25) is 4.90 Å². The lowest BCUT2D eigenvalue weighted by Gasteiger charge is -2.42. The Labute approximate surface area is 171 Å². The number of piperidine rings is 1. The normalized spacial score (nSPS) is 27.2. The van der Waals surface area contributed by atoms with Crippen molar-refractivity contribution in [1.82, 2.24) is 19.9 Å². The van der Waals surface area contributed by atoms with Crippen molar-refractivity contribution in [2.24, 2.45) is 0 Å². The van der Waals surface area contributed by atoms with Gasteiger partial charge in [-0.2, -0.15) is 0 Å². The van der Waals surface area contributed by atoms with Crippen LogP contribution in [0.2, 0.25) is 5.02 Å². The standard InChI is InChI=1S/C23H25ClN4/c1-27-19-11-12-22(27)23(20(13-19)17-7-9-18(24)10-8-17)21-15-28(26-25-21)14-16-5-3-2-4-6-16/h2-10,15,19-20,22-23H,11-14H2,1H3/t19-,20+,22+,23+/m0/s1. The van der Waals surface area contributed by atoms with Crippen LogP contribution >= 0.6 is 11.6 Å². The van der Waals surface area contributed by atoms with Crippen molar-refractivity contribution in [2.75, 3.05) is 7.05 Å². The van der Waals surface area contributed by atoms with Crippen molar-refractivity contribution in [3.63, 3.8) is 0 Å². The summed E-state index contributed by atoms with van der Waals surface area (Å²) >= 11 is 6.14. The molecule has 5 rings (SSSR count). The first-order chi connectivity index (χ1) is 13.7. The molecule has 4 nitrogen and oxygen atoms in total. The maximum absolute atomic E-state index is 6.14. The molecule has 0 amide bonds. The SMILES string of the molecule is CN1[C@H]2CC[C@@H]1[C@@H](c1cn(Cc3ccccc3)nn1)[C@@H](c1ccc(Cl)cc1)C2. The molecule has 1 aromatic heterocycles. The maximum Gasteiger partial charge on any atom is 0.0879 e. The summed E-state index contributed by atoms with van der Waals surface area (Å²) in [7, 11) is 2.28. The molecular weight excluding hydrogens is 368 g/mol. The lowest BCUT2D eigenvalue weighted by molar-refractivity contribution is 0.135. The second-order valence-corrected chi connectivity index (χ2v) is 8.65. The van der Waals surface area contributed by atoms with Gasteiger partial charge in [0.15, 0.2) is 0 Å². The quantitative estimate of drug-likeness (QED) is 0.644. The van der Waals surface area contributed by atoms with E-state index in [0.717, 1.165) is 17.3 Å². The molecule has 0 unspecified atom stereocenters. The summed E-state index contributed by atoms with van der Waals surface area (Å²) in [6.07, 6.45) is 5.85. The van der Waals surface area contributed by atoms with Crippen LogP contribution < -0.4 is 0 Å². The Morgan fingerprint density at radius 1 is 1.04 bits per heavy atom. The van der Waals surface area contributed by atoms with Crippen LogP contribution in [0.5, 0.6) is 0 Å². The molecule has 28 heavy (non-hydrogen) atoms. The first kappa shape index (κ1) is 17.9. The van der Waals surface area contributed by atoms with E-state index >= 15 is 0 Å². The zero-order valence-electron chi connectivity index (χ0n) is 16.1. The topological polar surface area (TPSA) is 34.0 Å². The minimum absolute atomic E-state index is 0.370. The minimum Gasteiger partial charge on any atom is -0.300 e. The molecule has 3 aromatic rings. The van der Waals surface area contributed by atoms with Crippen LogP contribution in [-0.2, 0) is 6.54 Å². The number of fused-ring (bicyclic) bond motifs is 2. The molecule has 144 valence electrons. The summed E-state index contributed by atoms with van der Waals surface area (Å²) in [5.74, 6) is 0.835. The largest absolute Gasteiger partial charge is 0.300 e. The van der Waals surface area contributed by atoms with E-state index in [2.05, 4.69) is 64.9 Å². The zero-order valence-corrected chi connectivity index (χ0v) is 16.8. The summed E-state index contributed by atoms with van der Waals surface area (Å²) in [5.41, 5.74) is 3.74. The molecule has 0 spiro atoms. The second kappa shape index (κ2) is 7.34. The highest BCUT2D eigenvalue weighted by Crippen LogP contribution is 2.50. The first-order valence-corrected chi connectivity index (χ1v) is 10.5. The van der Waals surface area contributed by atoms with Gasteiger partial charge in [0.25, 0.3) is 0 Å². The Bertz CT molecular complexity index is 937. The van der Waals surface area contributed by atoms with Gasteiger partial charge in [-0.05, 0) is 55.5 Å². The number of likely N-dealkylation sites (N-methyl/N-ethyl adjacent to an activating group) is 1. The van der Waals surface area contributed by atoms with Gasteiger partial charge in [-0.15, -0.1) is 5.10 Å². The lowest BCUT2D eigenvalue weighted by atomic mass is 9.75. The average molecular weight is 393 g/mol. The van der Waals surface area contributed by atoms with Gasteiger partial charge < -0.3 is 0 Å². The van der Waals surface area contributed by atoms with Gasteiger partial charge in [0.1, 0.15) is 0 Å². The van der Waals surface area contributed by atoms with E-state index in [4.69, 9.17) is 11.6 Å². The smallest absolute Gasteiger partial charge is 0.0879 e. The predicted molar refractivity (Wildman–Crippen MR) is 112 cm³/mol. The number of halogens is 1. The van der Waals surface area contributed by atoms with E-state index in [0.29, 0.717) is 23.9 Å². The highest BCUT2D eigenvalue weighted by molar-refractivity contribution is 6.30. The molecule has 0 radical (unpaired) electrons. The molecule has 2 fully saturated rings. The van der Waals surface area contributed by atoms with E-state index in [1.54, 1.807) is 0 Å². The van der Waals surface area contributed by atoms with Crippen LogP contribution in [0.1, 0.15) is 47.9 Å². The molecule has 0 saturated carbocycles. The Balaban J connectivity index is 1.47. The van der Waals surface area contributed by atoms with Gasteiger partial charge in [-0.25, -0.2) is 4.68 Å². The third-order valence-corrected chi connectivity index (χ3v) is 6.90. The number of hydrogen-bond donors (Lipinski definition) is 0. The molecule has 5 heteroatoms. The molecule has 2 aliphatic rings. The number of rotatable bonds is 4. The molecule has 0 N–H and O–H groups in total. The van der Waals surface area contributed by atoms with Crippen LogP contribution in [0.3, 0.4) is 0 Å². The number of aromatic nitrogens is 3. The van der Waals surface area contributed by atoms with E-state index in [1.165, 1.54) is 30.4 Å². The first-order valence-electron chi connectivity index (χ1n) is 10.1. The fraction of sp³-hybridized carbons (Fsp3) is 0.391. The summed E-state index contributed by atoms with van der Waals surface area (Å²) in [4.78, 5) is 2.58. The molecule has 2 aliphatic heterocycles. The van der Waals surface area contributed by atoms with Gasteiger partial charge in [0.2, 0.25) is 0 Å². The van der Waals surface area contributed by atoms with Crippen molar-refractivity contribution in [2.45, 2.75) is 49.7 Å². The summed E-state index contributed by atoms with van der Waals surface area (Å²) in [6.45, 7) is 0.759. The summed E-state index contributed by atoms with van der Waals surface area (Å²) < 4.78 is 1.98. The van der Waals surface area contributed by atoms with E-state index in [1.807, 2.05) is 22.9 Å². The third kappa shape index (κ3) is 3.25. The van der Waals surface area contributed by atoms with Crippen molar-refractivity contribution in [3.8, 4) is 0 Å². The van der Waals surface area contributed by atoms with Crippen molar-refractivity contribution < 1.29 is 0 Å². The molecule has 4 atom stereocenters. The minimum atomic E-state index is 0.370. The van der Waals surface area contributed by atoms with Crippen molar-refractivity contribution in [1.29, 1.82) is 0 Å². The molecule has 3 heterocycles. The van der Waals surface area contributed by atoms with Gasteiger partial charge in [0, 0.05) is 29.2 Å². The van der Waals surface area contributed by atoms with Crippen molar-refractivity contribution in [3.05, 3.63) is 82.6 Å². The second-order valence-electron chi connectivity index (χ2n) is 8.21. The summed E-state index contributed by atoms with van der Waals surface area (Å²) in [5, 5.41) is 9.90. The van der Waals surface area contributed by atoms with Crippen LogP contribution in [0.4, 0.5) is 0 Å². The Morgan fingerprint density at radius 2 is 1.82 bits per heavy atom. The van der Waals surface area contributed by atoms with Gasteiger partial charge in [-0.1, -0.05) is 59.3 Å². The van der Waals surface area contributed by atoms with Crippen LogP contribution in [0.25, 0.3) is 0 Å². The fourth-order valence-electron chi connectivity index (χ4n) is 5.24. The average Bonchev–Trinajstić information content (AvgIpc) is 3.25. The molecule has 0 aliphatic carbocycles. The summed E-state index contributed by atoms with van der Waals surface area (Å²) in [6, 6.07) is 20.1. The van der Waals surface area contributed by atoms with Gasteiger partial charge in [0.05, 0.1) is 12.2 Å². The van der Waals surface area contributed by atoms with E-state index in [9.17, 15) is 0 Å². The van der Waals surface area contributed by atoms with E-state index < -0.39 is 0 Å². The molecule has 2 bridgehead atoms. The molecular formula is C23H25ClN4. The Morgan fingerprint density at radius 3 is 2.61 bits per heavy atom. The Kier molecular flexibility index (Phi) is 4.69. The number of nitrogens with zero attached hydrogens (tertiary/aromatic N) is 4. The number of benzene rings is 2. The number of hydrogen-bond acceptors (Lipinski definition) is 3. The fourth-order valence-corrected chi connectivity index (χ4v) is 5.36. The highest BCUT2D eigenvalue weighted by atomic mass is 35.5. The van der Waals surface area contributed by atoms with Crippen LogP contribution in [0, 0.1) is 0 Å². The van der Waals surface area contributed by atoms with Crippen LogP contribution in [-0.4, -0.2) is 39.0 Å². The van der Waals surface area contributed by atoms with Crippen LogP contribution in [0.15, 0.2) is 60.8 Å². The molecule has 2 aromatic carbocycles. The monoisotopic (exact) mass is 392 g/mol. The highest BCUT2D eigenvalue weighted by Gasteiger charge is 2.47. The zero-order chi connectivity index (χ0) is 19.1. The maximum atomic E-state index is 6.14. The van der Waals surface area contributed by atoms with Gasteiger partial charge >= 0.3 is 0 Å². The Hall–Kier alpha value is -2.17. The van der Waals surface area contributed by atoms with Crippen molar-refractivity contribution >= 4 is 11.6 Å². The molecule has 2 saturated heterocycles. The predicted octanol–water partition coefficient (Wildman–Crippen LogP) is 4.71. The third-order valence-electron chi connectivity index (χ3n) is 6.65. The lowest BCUT2D eigenvalue weighted by Crippen LogP contribution is -2.44. The van der Waals surface area contributed by atoms with E-state index in [-0.39, 0.29) is 0 Å².